The van der Waals surface area contributed by atoms with E-state index in [-0.39, 0.29) is 43.3 Å². The van der Waals surface area contributed by atoms with E-state index < -0.39 is 8.24 Å². The first kappa shape index (κ1) is 25.6. The molecule has 28 heavy (non-hydrogen) atoms. The molecule has 144 valence electrons. The first-order valence-electron chi connectivity index (χ1n) is 9.51. The Morgan fingerprint density at radius 2 is 1.54 bits per heavy atom. The number of methoxy groups -OCH3 is 2. The van der Waals surface area contributed by atoms with Gasteiger partial charge in [-0.15, -0.1) is 22.4 Å². The monoisotopic (exact) mass is 386 g/mol. The third kappa shape index (κ3) is 5.20. The normalized spacial score (nSPS) is 14.6. The largest absolute Gasteiger partial charge is 1.00 e. The minimum atomic E-state index is -1.97. The molecule has 1 saturated heterocycles. The topological polar surface area (TPSA) is 35.8 Å². The van der Waals surface area contributed by atoms with Gasteiger partial charge in [0.2, 0.25) is 0 Å². The molecular weight excluding hydrogens is 354 g/mol. The van der Waals surface area contributed by atoms with Crippen molar-refractivity contribution in [3.63, 3.8) is 0 Å². The molecule has 7 heteroatoms. The van der Waals surface area contributed by atoms with Crippen LogP contribution in [0.1, 0.15) is 33.6 Å². The summed E-state index contributed by atoms with van der Waals surface area (Å²) >= 11 is 0. The summed E-state index contributed by atoms with van der Waals surface area (Å²) in [4.78, 5) is 7.76. The Morgan fingerprint density at radius 3 is 2.04 bits per heavy atom. The van der Waals surface area contributed by atoms with Crippen molar-refractivity contribution in [1.82, 2.24) is 0 Å². The van der Waals surface area contributed by atoms with E-state index in [4.69, 9.17) is 14.5 Å². The van der Waals surface area contributed by atoms with Crippen LogP contribution in [0.5, 0.6) is 11.5 Å². The molecule has 0 saturated carbocycles. The van der Waals surface area contributed by atoms with Crippen molar-refractivity contribution in [2.45, 2.75) is 52.2 Å². The van der Waals surface area contributed by atoms with Crippen LogP contribution in [-0.4, -0.2) is 41.1 Å². The standard InChI is InChI=1S/C21H32N2O2Si.2Li/c1-21(2,3)22-26(6,7)20-14-17(23-10-8-9-11-23)15-12-18(24-4)19(25-5)13-16(15)20;;/h12-14H,8-11H2,1-7H3;;/q-2;2*+1. The van der Waals surface area contributed by atoms with Gasteiger partial charge in [0, 0.05) is 13.1 Å². The average Bonchev–Trinajstić information content (AvgIpc) is 3.18. The molecule has 0 amide bonds. The van der Waals surface area contributed by atoms with Crippen LogP contribution in [0.2, 0.25) is 13.1 Å². The number of anilines is 1. The quantitative estimate of drug-likeness (QED) is 0.477. The molecule has 2 aromatic rings. The van der Waals surface area contributed by atoms with Crippen molar-refractivity contribution in [1.29, 1.82) is 0 Å². The molecule has 0 unspecified atom stereocenters. The van der Waals surface area contributed by atoms with Crippen LogP contribution in [0.15, 0.2) is 18.2 Å². The van der Waals surface area contributed by atoms with E-state index in [1.165, 1.54) is 34.5 Å². The number of benzene rings is 1. The summed E-state index contributed by atoms with van der Waals surface area (Å²) in [5.41, 5.74) is 1.29. The van der Waals surface area contributed by atoms with Crippen LogP contribution in [0.3, 0.4) is 0 Å². The van der Waals surface area contributed by atoms with E-state index >= 15 is 0 Å². The summed E-state index contributed by atoms with van der Waals surface area (Å²) in [5, 5.41) is 3.93. The Kier molecular flexibility index (Phi) is 8.80. The predicted octanol–water partition coefficient (Wildman–Crippen LogP) is -1.23. The predicted molar refractivity (Wildman–Crippen MR) is 114 cm³/mol. The molecule has 1 aliphatic heterocycles. The van der Waals surface area contributed by atoms with Crippen molar-refractivity contribution < 1.29 is 47.2 Å². The van der Waals surface area contributed by atoms with Gasteiger partial charge in [-0.1, -0.05) is 59.9 Å². The number of nitrogens with zero attached hydrogens (tertiary/aromatic N) is 2. The molecule has 0 atom stereocenters. The second-order valence-electron chi connectivity index (χ2n) is 8.73. The smallest absolute Gasteiger partial charge is 0.663 e. The molecule has 0 N–H and O–H groups in total. The summed E-state index contributed by atoms with van der Waals surface area (Å²) in [6, 6.07) is 6.69. The maximum Gasteiger partial charge on any atom is 1.00 e. The van der Waals surface area contributed by atoms with E-state index in [0.717, 1.165) is 24.6 Å². The zero-order valence-corrected chi connectivity index (χ0v) is 20.3. The molecule has 1 aliphatic rings. The number of hydrogen-bond donors (Lipinski definition) is 0. The molecule has 1 fully saturated rings. The van der Waals surface area contributed by atoms with Gasteiger partial charge < -0.3 is 19.4 Å². The summed E-state index contributed by atoms with van der Waals surface area (Å²) in [5.74, 6) is 1.59. The van der Waals surface area contributed by atoms with Crippen molar-refractivity contribution >= 4 is 29.9 Å². The Labute approximate surface area is 195 Å². The summed E-state index contributed by atoms with van der Waals surface area (Å²) in [6.45, 7) is 13.5. The van der Waals surface area contributed by atoms with Gasteiger partial charge in [0.1, 0.15) is 11.5 Å². The Hall–Kier alpha value is -0.398. The van der Waals surface area contributed by atoms with Crippen molar-refractivity contribution in [3.8, 4) is 11.5 Å². The summed E-state index contributed by atoms with van der Waals surface area (Å²) in [7, 11) is 1.44. The molecule has 0 spiro atoms. The number of ether oxygens (including phenoxy) is 2. The number of hydrogen-bond acceptors (Lipinski definition) is 3. The SMILES string of the molecule is COc1cc2c(N3CCCC3)c[c-]([Si](C)(C)[N-]C(C)(C)C)c2cc1OC.[Li+].[Li+]. The van der Waals surface area contributed by atoms with Crippen LogP contribution in [0.25, 0.3) is 15.8 Å². The third-order valence-corrected chi connectivity index (χ3v) is 8.05. The fourth-order valence-corrected chi connectivity index (χ4v) is 7.38. The first-order chi connectivity index (χ1) is 12.2. The zero-order chi connectivity index (χ0) is 19.1. The Bertz CT molecular complexity index is 794. The second kappa shape index (κ2) is 9.61. The van der Waals surface area contributed by atoms with E-state index in [1.54, 1.807) is 14.2 Å². The van der Waals surface area contributed by atoms with Gasteiger partial charge in [-0.25, -0.2) is 0 Å². The van der Waals surface area contributed by atoms with Crippen LogP contribution in [-0.2, 0) is 0 Å². The van der Waals surface area contributed by atoms with Gasteiger partial charge in [0.15, 0.2) is 0 Å². The van der Waals surface area contributed by atoms with Crippen LogP contribution >= 0.6 is 0 Å². The minimum Gasteiger partial charge on any atom is -0.663 e. The fraction of sp³-hybridized carbons (Fsp3) is 0.571. The van der Waals surface area contributed by atoms with Crippen molar-refractivity contribution in [2.24, 2.45) is 0 Å². The minimum absolute atomic E-state index is 0. The first-order valence-corrected chi connectivity index (χ1v) is 12.5. The van der Waals surface area contributed by atoms with E-state index in [2.05, 4.69) is 57.0 Å². The number of fused-ring (bicyclic) bond motifs is 1. The fourth-order valence-electron chi connectivity index (χ4n) is 4.23. The molecule has 1 heterocycles. The van der Waals surface area contributed by atoms with Crippen molar-refractivity contribution in [3.05, 3.63) is 23.2 Å². The molecular formula is C21H32Li2N2O2Si. The zero-order valence-electron chi connectivity index (χ0n) is 19.3. The molecule has 0 aliphatic carbocycles. The van der Waals surface area contributed by atoms with E-state index in [0.29, 0.717) is 0 Å². The van der Waals surface area contributed by atoms with Crippen LogP contribution in [0.4, 0.5) is 5.69 Å². The summed E-state index contributed by atoms with van der Waals surface area (Å²) in [6.07, 6.45) is 2.53. The molecule has 0 bridgehead atoms. The molecule has 0 radical (unpaired) electrons. The number of rotatable bonds is 5. The second-order valence-corrected chi connectivity index (χ2v) is 12.6. The molecule has 2 aromatic carbocycles. The molecule has 0 aromatic heterocycles. The molecule has 4 nitrogen and oxygen atoms in total. The van der Waals surface area contributed by atoms with Crippen molar-refractivity contribution in [2.75, 3.05) is 32.2 Å². The third-order valence-electron chi connectivity index (χ3n) is 5.09. The van der Waals surface area contributed by atoms with Crippen LogP contribution in [0, 0.1) is 0 Å². The maximum atomic E-state index is 5.59. The molecule has 3 rings (SSSR count). The summed E-state index contributed by atoms with van der Waals surface area (Å²) < 4.78 is 11.2. The van der Waals surface area contributed by atoms with Gasteiger partial charge >= 0.3 is 37.7 Å². The van der Waals surface area contributed by atoms with E-state index in [1.807, 2.05) is 0 Å². The Morgan fingerprint density at radius 1 is 1.00 bits per heavy atom. The van der Waals surface area contributed by atoms with E-state index in [9.17, 15) is 0 Å². The van der Waals surface area contributed by atoms with Crippen LogP contribution < -0.4 is 57.3 Å². The van der Waals surface area contributed by atoms with Gasteiger partial charge in [-0.2, -0.15) is 5.19 Å². The maximum absolute atomic E-state index is 5.59. The Balaban J connectivity index is 0.00000196. The van der Waals surface area contributed by atoms with Gasteiger partial charge in [-0.3, -0.25) is 0 Å². The van der Waals surface area contributed by atoms with Gasteiger partial charge in [0.05, 0.1) is 14.2 Å². The van der Waals surface area contributed by atoms with Gasteiger partial charge in [0.25, 0.3) is 0 Å². The van der Waals surface area contributed by atoms with Gasteiger partial charge in [-0.05, 0) is 12.8 Å². The average molecular weight is 386 g/mol.